The van der Waals surface area contributed by atoms with Crippen LogP contribution in [0.25, 0.3) is 11.1 Å². The summed E-state index contributed by atoms with van der Waals surface area (Å²) in [6.07, 6.45) is 4.69. The minimum atomic E-state index is 1.04. The van der Waals surface area contributed by atoms with Gasteiger partial charge in [0.25, 0.3) is 0 Å². The molecule has 0 aliphatic rings. The third-order valence-electron chi connectivity index (χ3n) is 2.77. The summed E-state index contributed by atoms with van der Waals surface area (Å²) < 4.78 is 0. The van der Waals surface area contributed by atoms with Gasteiger partial charge in [-0.15, -0.1) is 0 Å². The van der Waals surface area contributed by atoms with Crippen molar-refractivity contribution in [3.05, 3.63) is 48.3 Å². The maximum Gasteiger partial charge on any atom is 0.0449 e. The molecule has 1 aromatic heterocycles. The number of anilines is 1. The fraction of sp³-hybridized carbons (Fsp3) is 0.214. The van der Waals surface area contributed by atoms with E-state index >= 15 is 0 Å². The van der Waals surface area contributed by atoms with Crippen LogP contribution >= 0.6 is 0 Å². The molecule has 0 saturated carbocycles. The van der Waals surface area contributed by atoms with Gasteiger partial charge in [-0.1, -0.05) is 25.1 Å². The van der Waals surface area contributed by atoms with Crippen molar-refractivity contribution in [2.24, 2.45) is 0 Å². The van der Waals surface area contributed by atoms with Crippen molar-refractivity contribution in [3.63, 3.8) is 0 Å². The van der Waals surface area contributed by atoms with E-state index in [0.717, 1.165) is 6.42 Å². The highest BCUT2D eigenvalue weighted by Gasteiger charge is 2.06. The van der Waals surface area contributed by atoms with Gasteiger partial charge in [-0.3, -0.25) is 4.98 Å². The van der Waals surface area contributed by atoms with E-state index in [0.29, 0.717) is 0 Å². The van der Waals surface area contributed by atoms with Gasteiger partial charge in [0.1, 0.15) is 0 Å². The molecule has 16 heavy (non-hydrogen) atoms. The number of nitrogens with zero attached hydrogens (tertiary/aromatic N) is 1. The van der Waals surface area contributed by atoms with Gasteiger partial charge in [-0.2, -0.15) is 0 Å². The zero-order valence-electron chi connectivity index (χ0n) is 9.70. The Labute approximate surface area is 96.4 Å². The summed E-state index contributed by atoms with van der Waals surface area (Å²) in [7, 11) is 1.97. The molecule has 0 saturated heterocycles. The second-order valence-electron chi connectivity index (χ2n) is 3.68. The Balaban J connectivity index is 2.57. The van der Waals surface area contributed by atoms with Crippen molar-refractivity contribution in [3.8, 4) is 11.1 Å². The van der Waals surface area contributed by atoms with E-state index in [2.05, 4.69) is 35.4 Å². The molecule has 2 rings (SSSR count). The minimum absolute atomic E-state index is 1.04. The Bertz CT molecular complexity index is 463. The average molecular weight is 212 g/mol. The number of nitrogens with one attached hydrogen (secondary N) is 1. The quantitative estimate of drug-likeness (QED) is 0.844. The largest absolute Gasteiger partial charge is 0.387 e. The molecule has 1 heterocycles. The van der Waals surface area contributed by atoms with Gasteiger partial charge < -0.3 is 5.32 Å². The molecule has 0 aliphatic carbocycles. The van der Waals surface area contributed by atoms with Crippen LogP contribution in [0.5, 0.6) is 0 Å². The number of aryl methyl sites for hydroxylation is 1. The minimum Gasteiger partial charge on any atom is -0.387 e. The molecule has 0 fully saturated rings. The summed E-state index contributed by atoms with van der Waals surface area (Å²) in [6, 6.07) is 10.5. The SMILES string of the molecule is CCc1cccc(-c2ccncc2)c1NC. The molecule has 0 amide bonds. The highest BCUT2D eigenvalue weighted by Crippen LogP contribution is 2.30. The first-order chi connectivity index (χ1) is 7.86. The lowest BCUT2D eigenvalue weighted by Gasteiger charge is -2.13. The molecule has 1 N–H and O–H groups in total. The van der Waals surface area contributed by atoms with E-state index in [1.807, 2.05) is 31.6 Å². The van der Waals surface area contributed by atoms with E-state index in [1.165, 1.54) is 22.4 Å². The van der Waals surface area contributed by atoms with Crippen LogP contribution < -0.4 is 5.32 Å². The highest BCUT2D eigenvalue weighted by atomic mass is 14.8. The van der Waals surface area contributed by atoms with Crippen molar-refractivity contribution >= 4 is 5.69 Å². The van der Waals surface area contributed by atoms with E-state index in [9.17, 15) is 0 Å². The van der Waals surface area contributed by atoms with Crippen LogP contribution in [0.2, 0.25) is 0 Å². The van der Waals surface area contributed by atoms with Gasteiger partial charge in [0.2, 0.25) is 0 Å². The number of hydrogen-bond donors (Lipinski definition) is 1. The van der Waals surface area contributed by atoms with Crippen molar-refractivity contribution in [1.29, 1.82) is 0 Å². The predicted octanol–water partition coefficient (Wildman–Crippen LogP) is 3.35. The molecule has 0 unspecified atom stereocenters. The summed E-state index contributed by atoms with van der Waals surface area (Å²) in [4.78, 5) is 4.05. The topological polar surface area (TPSA) is 24.9 Å². The van der Waals surface area contributed by atoms with E-state index in [-0.39, 0.29) is 0 Å². The first-order valence-corrected chi connectivity index (χ1v) is 5.57. The van der Waals surface area contributed by atoms with Crippen LogP contribution in [-0.4, -0.2) is 12.0 Å². The molecular formula is C14H16N2. The van der Waals surface area contributed by atoms with Crippen LogP contribution in [0, 0.1) is 0 Å². The molecule has 0 spiro atoms. The lowest BCUT2D eigenvalue weighted by atomic mass is 10.00. The Morgan fingerprint density at radius 2 is 1.88 bits per heavy atom. The standard InChI is InChI=1S/C14H16N2/c1-3-11-5-4-6-13(14(11)15-2)12-7-9-16-10-8-12/h4-10,15H,3H2,1-2H3. The summed E-state index contributed by atoms with van der Waals surface area (Å²) in [5.74, 6) is 0. The molecule has 0 aliphatic heterocycles. The van der Waals surface area contributed by atoms with Crippen molar-refractivity contribution < 1.29 is 0 Å². The van der Waals surface area contributed by atoms with E-state index < -0.39 is 0 Å². The van der Waals surface area contributed by atoms with Gasteiger partial charge in [0, 0.05) is 30.7 Å². The normalized spacial score (nSPS) is 10.1. The molecule has 2 heteroatoms. The van der Waals surface area contributed by atoms with Gasteiger partial charge in [-0.25, -0.2) is 0 Å². The zero-order valence-corrected chi connectivity index (χ0v) is 9.70. The second-order valence-corrected chi connectivity index (χ2v) is 3.68. The lowest BCUT2D eigenvalue weighted by molar-refractivity contribution is 1.14. The average Bonchev–Trinajstić information content (AvgIpc) is 2.38. The molecule has 2 aromatic rings. The van der Waals surface area contributed by atoms with Gasteiger partial charge in [0.05, 0.1) is 0 Å². The maximum absolute atomic E-state index is 4.05. The number of pyridine rings is 1. The number of aromatic nitrogens is 1. The predicted molar refractivity (Wildman–Crippen MR) is 68.6 cm³/mol. The smallest absolute Gasteiger partial charge is 0.0449 e. The number of hydrogen-bond acceptors (Lipinski definition) is 2. The first kappa shape index (κ1) is 10.7. The molecule has 0 radical (unpaired) electrons. The summed E-state index contributed by atoms with van der Waals surface area (Å²) in [5, 5.41) is 3.29. The van der Waals surface area contributed by atoms with Crippen molar-refractivity contribution in [2.45, 2.75) is 13.3 Å². The van der Waals surface area contributed by atoms with Crippen LogP contribution in [-0.2, 0) is 6.42 Å². The molecular weight excluding hydrogens is 196 g/mol. The highest BCUT2D eigenvalue weighted by molar-refractivity contribution is 5.79. The molecule has 2 nitrogen and oxygen atoms in total. The number of para-hydroxylation sites is 1. The Hall–Kier alpha value is -1.83. The van der Waals surface area contributed by atoms with Crippen LogP contribution in [0.15, 0.2) is 42.7 Å². The lowest BCUT2D eigenvalue weighted by Crippen LogP contribution is -1.97. The van der Waals surface area contributed by atoms with Crippen molar-refractivity contribution in [2.75, 3.05) is 12.4 Å². The summed E-state index contributed by atoms with van der Waals surface area (Å²) in [5.41, 5.74) is 5.01. The molecule has 0 bridgehead atoms. The number of benzene rings is 1. The Morgan fingerprint density at radius 1 is 1.12 bits per heavy atom. The first-order valence-electron chi connectivity index (χ1n) is 5.57. The van der Waals surface area contributed by atoms with Crippen molar-refractivity contribution in [1.82, 2.24) is 4.98 Å². The molecule has 82 valence electrons. The van der Waals surface area contributed by atoms with Crippen LogP contribution in [0.3, 0.4) is 0 Å². The van der Waals surface area contributed by atoms with E-state index in [1.54, 1.807) is 0 Å². The monoisotopic (exact) mass is 212 g/mol. The third-order valence-corrected chi connectivity index (χ3v) is 2.77. The Morgan fingerprint density at radius 3 is 2.50 bits per heavy atom. The number of rotatable bonds is 3. The van der Waals surface area contributed by atoms with E-state index in [4.69, 9.17) is 0 Å². The fourth-order valence-corrected chi connectivity index (χ4v) is 1.96. The fourth-order valence-electron chi connectivity index (χ4n) is 1.96. The maximum atomic E-state index is 4.05. The summed E-state index contributed by atoms with van der Waals surface area (Å²) >= 11 is 0. The molecule has 1 aromatic carbocycles. The van der Waals surface area contributed by atoms with Crippen LogP contribution in [0.1, 0.15) is 12.5 Å². The zero-order chi connectivity index (χ0) is 11.4. The van der Waals surface area contributed by atoms with Gasteiger partial charge >= 0.3 is 0 Å². The third kappa shape index (κ3) is 1.91. The van der Waals surface area contributed by atoms with Gasteiger partial charge in [0.15, 0.2) is 0 Å². The second kappa shape index (κ2) is 4.79. The molecule has 0 atom stereocenters. The van der Waals surface area contributed by atoms with Gasteiger partial charge in [-0.05, 0) is 29.7 Å². The van der Waals surface area contributed by atoms with Crippen LogP contribution in [0.4, 0.5) is 5.69 Å². The summed E-state index contributed by atoms with van der Waals surface area (Å²) in [6.45, 7) is 2.17. The Kier molecular flexibility index (Phi) is 3.20.